The molecule has 6 heteroatoms. The Balaban J connectivity index is 1.67. The molecule has 1 aromatic carbocycles. The summed E-state index contributed by atoms with van der Waals surface area (Å²) in [4.78, 5) is 15.3. The van der Waals surface area contributed by atoms with Crippen molar-refractivity contribution in [1.82, 2.24) is 4.98 Å². The highest BCUT2D eigenvalue weighted by Crippen LogP contribution is 2.27. The van der Waals surface area contributed by atoms with Crippen molar-refractivity contribution in [2.75, 3.05) is 18.5 Å². The van der Waals surface area contributed by atoms with Crippen LogP contribution in [0.15, 0.2) is 36.4 Å². The first-order chi connectivity index (χ1) is 10.7. The van der Waals surface area contributed by atoms with Crippen molar-refractivity contribution in [3.8, 4) is 11.5 Å². The Bertz CT molecular complexity index is 688. The molecule has 22 heavy (non-hydrogen) atoms. The monoisotopic (exact) mass is 299 g/mol. The molecular formula is C16H17N3O3. The van der Waals surface area contributed by atoms with Crippen molar-refractivity contribution >= 4 is 11.7 Å². The van der Waals surface area contributed by atoms with Gasteiger partial charge in [-0.3, -0.25) is 4.79 Å². The van der Waals surface area contributed by atoms with Crippen LogP contribution in [0.2, 0.25) is 0 Å². The van der Waals surface area contributed by atoms with Gasteiger partial charge in [-0.25, -0.2) is 4.98 Å². The number of nitrogens with zero attached hydrogens (tertiary/aromatic N) is 1. The number of amides is 1. The molecule has 0 aliphatic carbocycles. The number of primary amides is 1. The fraction of sp³-hybridized carbons (Fsp3) is 0.250. The van der Waals surface area contributed by atoms with Gasteiger partial charge in [0.05, 0.1) is 5.69 Å². The largest absolute Gasteiger partial charge is 0.483 e. The minimum absolute atomic E-state index is 0.179. The van der Waals surface area contributed by atoms with Gasteiger partial charge in [-0.05, 0) is 30.2 Å². The molecular weight excluding hydrogens is 282 g/mol. The number of benzene rings is 1. The molecule has 0 spiro atoms. The number of aromatic nitrogens is 1. The van der Waals surface area contributed by atoms with Crippen molar-refractivity contribution in [1.29, 1.82) is 0 Å². The van der Waals surface area contributed by atoms with Crippen LogP contribution in [-0.4, -0.2) is 24.0 Å². The summed E-state index contributed by atoms with van der Waals surface area (Å²) in [5, 5.41) is 3.24. The van der Waals surface area contributed by atoms with Crippen LogP contribution in [0.4, 0.5) is 5.82 Å². The highest BCUT2D eigenvalue weighted by molar-refractivity contribution is 5.75. The topological polar surface area (TPSA) is 86.5 Å². The number of hydrogen-bond acceptors (Lipinski definition) is 5. The number of nitrogens with one attached hydrogen (secondary N) is 1. The summed E-state index contributed by atoms with van der Waals surface area (Å²) in [6.45, 7) is 1.07. The van der Waals surface area contributed by atoms with Crippen LogP contribution < -0.4 is 20.5 Å². The van der Waals surface area contributed by atoms with E-state index in [4.69, 9.17) is 15.2 Å². The minimum atomic E-state index is -0.527. The van der Waals surface area contributed by atoms with Gasteiger partial charge in [0, 0.05) is 6.54 Å². The molecule has 3 N–H and O–H groups in total. The van der Waals surface area contributed by atoms with Crippen LogP contribution >= 0.6 is 0 Å². The molecule has 2 heterocycles. The maximum Gasteiger partial charge on any atom is 0.255 e. The number of hydrogen-bond donors (Lipinski definition) is 2. The zero-order valence-corrected chi connectivity index (χ0v) is 12.0. The third-order valence-corrected chi connectivity index (χ3v) is 3.32. The molecule has 6 nitrogen and oxygen atoms in total. The average Bonchev–Trinajstić information content (AvgIpc) is 2.99. The van der Waals surface area contributed by atoms with Gasteiger partial charge in [0.2, 0.25) is 0 Å². The van der Waals surface area contributed by atoms with Crippen LogP contribution in [0.3, 0.4) is 0 Å². The van der Waals surface area contributed by atoms with E-state index in [1.165, 1.54) is 5.56 Å². The second kappa shape index (κ2) is 6.34. The molecule has 114 valence electrons. The maximum absolute atomic E-state index is 10.8. The maximum atomic E-state index is 10.8. The molecule has 1 aromatic heterocycles. The molecule has 0 unspecified atom stereocenters. The SMILES string of the molecule is NC(=O)COc1ccccc1OCc1ccc2c(n1)NCC2. The van der Waals surface area contributed by atoms with E-state index in [9.17, 15) is 4.79 Å². The van der Waals surface area contributed by atoms with Gasteiger partial charge < -0.3 is 20.5 Å². The standard InChI is InChI=1S/C16H17N3O3/c17-15(20)10-22-14-4-2-1-3-13(14)21-9-12-6-5-11-7-8-18-16(11)19-12/h1-6H,7-10H2,(H2,17,20)(H,18,19). The van der Waals surface area contributed by atoms with E-state index in [0.717, 1.165) is 24.5 Å². The summed E-state index contributed by atoms with van der Waals surface area (Å²) in [6.07, 6.45) is 1.01. The van der Waals surface area contributed by atoms with E-state index in [2.05, 4.69) is 16.4 Å². The zero-order valence-electron chi connectivity index (χ0n) is 12.0. The third-order valence-electron chi connectivity index (χ3n) is 3.32. The molecule has 0 radical (unpaired) electrons. The lowest BCUT2D eigenvalue weighted by Crippen LogP contribution is -2.20. The lowest BCUT2D eigenvalue weighted by molar-refractivity contribution is -0.119. The van der Waals surface area contributed by atoms with E-state index < -0.39 is 5.91 Å². The van der Waals surface area contributed by atoms with E-state index in [0.29, 0.717) is 18.1 Å². The number of pyridine rings is 1. The predicted octanol–water partition coefficient (Wildman–Crippen LogP) is 1.49. The first kappa shape index (κ1) is 14.2. The number of ether oxygens (including phenoxy) is 2. The van der Waals surface area contributed by atoms with E-state index in [-0.39, 0.29) is 6.61 Å². The fourth-order valence-electron chi connectivity index (χ4n) is 2.27. The Labute approximate surface area is 128 Å². The van der Waals surface area contributed by atoms with Gasteiger partial charge in [-0.1, -0.05) is 18.2 Å². The Morgan fingerprint density at radius 2 is 1.95 bits per heavy atom. The van der Waals surface area contributed by atoms with Crippen molar-refractivity contribution < 1.29 is 14.3 Å². The van der Waals surface area contributed by atoms with Crippen LogP contribution in [0.25, 0.3) is 0 Å². The summed E-state index contributed by atoms with van der Waals surface area (Å²) in [5.74, 6) is 1.44. The normalized spacial score (nSPS) is 12.4. The second-order valence-electron chi connectivity index (χ2n) is 4.98. The molecule has 0 bridgehead atoms. The van der Waals surface area contributed by atoms with Gasteiger partial charge >= 0.3 is 0 Å². The van der Waals surface area contributed by atoms with Crippen molar-refractivity contribution in [3.05, 3.63) is 47.7 Å². The zero-order chi connectivity index (χ0) is 15.4. The quantitative estimate of drug-likeness (QED) is 0.844. The molecule has 0 atom stereocenters. The highest BCUT2D eigenvalue weighted by Gasteiger charge is 2.12. The van der Waals surface area contributed by atoms with Crippen LogP contribution in [-0.2, 0) is 17.8 Å². The lowest BCUT2D eigenvalue weighted by atomic mass is 10.2. The number of nitrogens with two attached hydrogens (primary N) is 1. The Morgan fingerprint density at radius 3 is 2.73 bits per heavy atom. The van der Waals surface area contributed by atoms with E-state index >= 15 is 0 Å². The number of carbonyl (C=O) groups excluding carboxylic acids is 1. The van der Waals surface area contributed by atoms with Crippen LogP contribution in [0, 0.1) is 0 Å². The summed E-state index contributed by atoms with van der Waals surface area (Å²) in [7, 11) is 0. The van der Waals surface area contributed by atoms with Crippen LogP contribution in [0.1, 0.15) is 11.3 Å². The molecule has 1 aliphatic heterocycles. The summed E-state index contributed by atoms with van der Waals surface area (Å²) >= 11 is 0. The Morgan fingerprint density at radius 1 is 1.18 bits per heavy atom. The first-order valence-corrected chi connectivity index (χ1v) is 7.08. The number of carbonyl (C=O) groups is 1. The fourth-order valence-corrected chi connectivity index (χ4v) is 2.27. The van der Waals surface area contributed by atoms with Crippen LogP contribution in [0.5, 0.6) is 11.5 Å². The minimum Gasteiger partial charge on any atom is -0.483 e. The first-order valence-electron chi connectivity index (χ1n) is 7.08. The van der Waals surface area contributed by atoms with Gasteiger partial charge in [-0.2, -0.15) is 0 Å². The van der Waals surface area contributed by atoms with Crippen molar-refractivity contribution in [3.63, 3.8) is 0 Å². The lowest BCUT2D eigenvalue weighted by Gasteiger charge is -2.12. The summed E-state index contributed by atoms with van der Waals surface area (Å²) in [6, 6.07) is 11.2. The number of rotatable bonds is 6. The van der Waals surface area contributed by atoms with Gasteiger partial charge in [0.1, 0.15) is 12.4 Å². The van der Waals surface area contributed by atoms with Gasteiger partial charge in [0.15, 0.2) is 18.1 Å². The smallest absolute Gasteiger partial charge is 0.255 e. The van der Waals surface area contributed by atoms with Crippen molar-refractivity contribution in [2.45, 2.75) is 13.0 Å². The third kappa shape index (κ3) is 3.28. The second-order valence-corrected chi connectivity index (χ2v) is 4.98. The number of anilines is 1. The molecule has 1 aliphatic rings. The van der Waals surface area contributed by atoms with Gasteiger partial charge in [-0.15, -0.1) is 0 Å². The molecule has 3 rings (SSSR count). The van der Waals surface area contributed by atoms with E-state index in [1.807, 2.05) is 12.1 Å². The van der Waals surface area contributed by atoms with Gasteiger partial charge in [0.25, 0.3) is 5.91 Å². The van der Waals surface area contributed by atoms with Crippen molar-refractivity contribution in [2.24, 2.45) is 5.73 Å². The highest BCUT2D eigenvalue weighted by atomic mass is 16.5. The Kier molecular flexibility index (Phi) is 4.09. The molecule has 0 saturated carbocycles. The number of para-hydroxylation sites is 2. The predicted molar refractivity (Wildman–Crippen MR) is 81.9 cm³/mol. The Hall–Kier alpha value is -2.76. The summed E-state index contributed by atoms with van der Waals surface area (Å²) < 4.78 is 11.1. The summed E-state index contributed by atoms with van der Waals surface area (Å²) in [5.41, 5.74) is 7.15. The average molecular weight is 299 g/mol. The molecule has 0 fully saturated rings. The number of fused-ring (bicyclic) bond motifs is 1. The van der Waals surface area contributed by atoms with E-state index in [1.54, 1.807) is 18.2 Å². The molecule has 1 amide bonds. The molecule has 2 aromatic rings. The molecule has 0 saturated heterocycles.